The second-order valence-corrected chi connectivity index (χ2v) is 9.25. The second-order valence-electron chi connectivity index (χ2n) is 9.25. The zero-order valence-electron chi connectivity index (χ0n) is 14.4. The lowest BCUT2D eigenvalue weighted by atomic mass is 9.47. The predicted octanol–water partition coefficient (Wildman–Crippen LogP) is 3.00. The molecule has 0 amide bonds. The molecule has 4 heteroatoms. The Kier molecular flexibility index (Phi) is 3.59. The molecule has 0 aromatic carbocycles. The number of carboxylic acids is 1. The molecule has 0 aromatic rings. The minimum Gasteiger partial charge on any atom is -0.481 e. The fourth-order valence-electron chi connectivity index (χ4n) is 7.26. The monoisotopic (exact) mass is 321 g/mol. The normalized spacial score (nSPS) is 55.6. The van der Waals surface area contributed by atoms with Crippen molar-refractivity contribution in [2.45, 2.75) is 77.5 Å². The zero-order valence-corrected chi connectivity index (χ0v) is 14.4. The van der Waals surface area contributed by atoms with Gasteiger partial charge in [-0.2, -0.15) is 0 Å². The van der Waals surface area contributed by atoms with Gasteiger partial charge in [0.25, 0.3) is 0 Å². The van der Waals surface area contributed by atoms with E-state index >= 15 is 0 Å². The van der Waals surface area contributed by atoms with Crippen molar-refractivity contribution in [3.05, 3.63) is 0 Å². The van der Waals surface area contributed by atoms with Gasteiger partial charge in [0.2, 0.25) is 0 Å². The SMILES string of the molecule is C[C@]12CC[C@H]3[C@@H](CCC4NC(O)CC[C@@]43C)[C@@H]1CC[C@@H]2C(=O)O. The van der Waals surface area contributed by atoms with Crippen molar-refractivity contribution in [2.24, 2.45) is 34.5 Å². The number of carbonyl (C=O) groups is 1. The predicted molar refractivity (Wildman–Crippen MR) is 87.7 cm³/mol. The molecule has 130 valence electrons. The van der Waals surface area contributed by atoms with Gasteiger partial charge >= 0.3 is 5.97 Å². The van der Waals surface area contributed by atoms with Crippen LogP contribution < -0.4 is 5.32 Å². The van der Waals surface area contributed by atoms with E-state index in [1.54, 1.807) is 0 Å². The van der Waals surface area contributed by atoms with Gasteiger partial charge in [-0.15, -0.1) is 0 Å². The largest absolute Gasteiger partial charge is 0.481 e. The molecule has 8 atom stereocenters. The molecule has 4 rings (SSSR count). The molecule has 0 spiro atoms. The summed E-state index contributed by atoms with van der Waals surface area (Å²) < 4.78 is 0. The van der Waals surface area contributed by atoms with Crippen LogP contribution in [0, 0.1) is 34.5 Å². The topological polar surface area (TPSA) is 69.6 Å². The van der Waals surface area contributed by atoms with Crippen molar-refractivity contribution in [3.63, 3.8) is 0 Å². The second kappa shape index (κ2) is 5.19. The van der Waals surface area contributed by atoms with E-state index in [1.807, 2.05) is 0 Å². The van der Waals surface area contributed by atoms with Crippen LogP contribution in [0.25, 0.3) is 0 Å². The Morgan fingerprint density at radius 2 is 1.65 bits per heavy atom. The van der Waals surface area contributed by atoms with Crippen molar-refractivity contribution >= 4 is 5.97 Å². The molecule has 3 N–H and O–H groups in total. The van der Waals surface area contributed by atoms with Gasteiger partial charge in [0.1, 0.15) is 6.23 Å². The molecule has 2 unspecified atom stereocenters. The van der Waals surface area contributed by atoms with Crippen molar-refractivity contribution in [2.75, 3.05) is 0 Å². The van der Waals surface area contributed by atoms with Gasteiger partial charge in [0.15, 0.2) is 0 Å². The maximum Gasteiger partial charge on any atom is 0.307 e. The van der Waals surface area contributed by atoms with Gasteiger partial charge in [-0.3, -0.25) is 10.1 Å². The molecule has 3 saturated carbocycles. The van der Waals surface area contributed by atoms with E-state index in [1.165, 1.54) is 12.8 Å². The highest BCUT2D eigenvalue weighted by Gasteiger charge is 2.61. The van der Waals surface area contributed by atoms with E-state index in [0.29, 0.717) is 23.8 Å². The summed E-state index contributed by atoms with van der Waals surface area (Å²) >= 11 is 0. The Morgan fingerprint density at radius 3 is 2.39 bits per heavy atom. The molecule has 23 heavy (non-hydrogen) atoms. The third-order valence-electron chi connectivity index (χ3n) is 8.52. The number of rotatable bonds is 1. The van der Waals surface area contributed by atoms with Crippen LogP contribution in [-0.2, 0) is 4.79 Å². The van der Waals surface area contributed by atoms with E-state index in [2.05, 4.69) is 19.2 Å². The average molecular weight is 321 g/mol. The van der Waals surface area contributed by atoms with Gasteiger partial charge in [0, 0.05) is 6.04 Å². The summed E-state index contributed by atoms with van der Waals surface area (Å²) in [5.41, 5.74) is 0.294. The zero-order chi connectivity index (χ0) is 16.4. The van der Waals surface area contributed by atoms with Crippen molar-refractivity contribution < 1.29 is 15.0 Å². The first-order valence-electron chi connectivity index (χ1n) is 9.53. The lowest BCUT2D eigenvalue weighted by Gasteiger charge is -2.60. The lowest BCUT2D eigenvalue weighted by Crippen LogP contribution is -2.62. The minimum absolute atomic E-state index is 0.0117. The Labute approximate surface area is 139 Å². The minimum atomic E-state index is -0.573. The first-order chi connectivity index (χ1) is 10.9. The summed E-state index contributed by atoms with van der Waals surface area (Å²) in [5, 5.41) is 23.1. The first kappa shape index (κ1) is 15.9. The van der Waals surface area contributed by atoms with Gasteiger partial charge in [-0.25, -0.2) is 0 Å². The van der Waals surface area contributed by atoms with Gasteiger partial charge in [-0.05, 0) is 80.0 Å². The summed E-state index contributed by atoms with van der Waals surface area (Å²) in [7, 11) is 0. The number of carboxylic acid groups (broad SMARTS) is 1. The van der Waals surface area contributed by atoms with E-state index in [9.17, 15) is 15.0 Å². The number of aliphatic hydroxyl groups is 1. The van der Waals surface area contributed by atoms with Crippen LogP contribution in [-0.4, -0.2) is 28.5 Å². The quantitative estimate of drug-likeness (QED) is 0.694. The molecule has 3 aliphatic carbocycles. The van der Waals surface area contributed by atoms with E-state index < -0.39 is 5.97 Å². The third kappa shape index (κ3) is 2.13. The molecule has 0 bridgehead atoms. The lowest BCUT2D eigenvalue weighted by molar-refractivity contribution is -0.152. The Hall–Kier alpha value is -0.610. The average Bonchev–Trinajstić information content (AvgIpc) is 2.85. The van der Waals surface area contributed by atoms with Crippen LogP contribution in [0.4, 0.5) is 0 Å². The van der Waals surface area contributed by atoms with Crippen molar-refractivity contribution in [1.29, 1.82) is 0 Å². The van der Waals surface area contributed by atoms with E-state index in [-0.39, 0.29) is 23.0 Å². The number of aliphatic hydroxyl groups excluding tert-OH is 1. The highest BCUT2D eigenvalue weighted by Crippen LogP contribution is 2.65. The molecule has 4 aliphatic rings. The molecular weight excluding hydrogens is 290 g/mol. The third-order valence-corrected chi connectivity index (χ3v) is 8.52. The highest BCUT2D eigenvalue weighted by molar-refractivity contribution is 5.71. The van der Waals surface area contributed by atoms with E-state index in [4.69, 9.17) is 0 Å². The molecule has 1 saturated heterocycles. The maximum absolute atomic E-state index is 11.7. The number of nitrogens with one attached hydrogen (secondary N) is 1. The van der Waals surface area contributed by atoms with Crippen LogP contribution in [0.5, 0.6) is 0 Å². The van der Waals surface area contributed by atoms with Crippen molar-refractivity contribution in [3.8, 4) is 0 Å². The summed E-state index contributed by atoms with van der Waals surface area (Å²) in [4.78, 5) is 11.7. The van der Waals surface area contributed by atoms with Crippen LogP contribution in [0.1, 0.15) is 65.2 Å². The number of hydrogen-bond donors (Lipinski definition) is 3. The molecular formula is C19H31NO3. The van der Waals surface area contributed by atoms with E-state index in [0.717, 1.165) is 38.5 Å². The van der Waals surface area contributed by atoms with Crippen molar-refractivity contribution in [1.82, 2.24) is 5.32 Å². The molecule has 0 aromatic heterocycles. The van der Waals surface area contributed by atoms with Crippen LogP contribution in [0.3, 0.4) is 0 Å². The molecule has 4 fully saturated rings. The van der Waals surface area contributed by atoms with Crippen LogP contribution in [0.15, 0.2) is 0 Å². The number of fused-ring (bicyclic) bond motifs is 5. The smallest absolute Gasteiger partial charge is 0.307 e. The number of hydrogen-bond acceptors (Lipinski definition) is 3. The maximum atomic E-state index is 11.7. The molecule has 1 heterocycles. The van der Waals surface area contributed by atoms with Gasteiger partial charge in [-0.1, -0.05) is 13.8 Å². The first-order valence-corrected chi connectivity index (χ1v) is 9.53. The van der Waals surface area contributed by atoms with Crippen LogP contribution >= 0.6 is 0 Å². The Bertz CT molecular complexity index is 509. The Balaban J connectivity index is 1.61. The fraction of sp³-hybridized carbons (Fsp3) is 0.947. The molecule has 0 radical (unpaired) electrons. The number of aliphatic carboxylic acids is 1. The summed E-state index contributed by atoms with van der Waals surface area (Å²) in [5.74, 6) is 1.27. The summed E-state index contributed by atoms with van der Waals surface area (Å²) in [6.07, 6.45) is 8.20. The molecule has 4 nitrogen and oxygen atoms in total. The Morgan fingerprint density at radius 1 is 0.957 bits per heavy atom. The standard InChI is InChI=1S/C19H31NO3/c1-18-9-7-13-11(12(18)4-5-14(18)17(22)23)3-6-15-19(13,2)10-8-16(21)20-15/h11-16,20-21H,3-10H2,1-2H3,(H,22,23)/t11-,12-,13-,14+,15?,16?,18-,19+/m0/s1. The van der Waals surface area contributed by atoms with Gasteiger partial charge in [0.05, 0.1) is 5.92 Å². The summed E-state index contributed by atoms with van der Waals surface area (Å²) in [6.45, 7) is 4.69. The number of piperidine rings is 1. The fourth-order valence-corrected chi connectivity index (χ4v) is 7.26. The van der Waals surface area contributed by atoms with Crippen LogP contribution in [0.2, 0.25) is 0 Å². The highest BCUT2D eigenvalue weighted by atomic mass is 16.4. The summed E-state index contributed by atoms with van der Waals surface area (Å²) in [6, 6.07) is 0.438. The molecule has 1 aliphatic heterocycles. The van der Waals surface area contributed by atoms with Gasteiger partial charge < -0.3 is 10.2 Å².